The topological polar surface area (TPSA) is 29.3 Å². The minimum atomic E-state index is 0.496. The molecule has 0 aliphatic heterocycles. The third-order valence-corrected chi connectivity index (χ3v) is 3.79. The van der Waals surface area contributed by atoms with Crippen molar-refractivity contribution in [3.05, 3.63) is 0 Å². The maximum atomic E-state index is 5.79. The van der Waals surface area contributed by atoms with E-state index in [2.05, 4.69) is 11.9 Å². The average Bonchev–Trinajstić information content (AvgIpc) is 2.51. The first kappa shape index (κ1) is 9.47. The van der Waals surface area contributed by atoms with Crippen molar-refractivity contribution in [3.63, 3.8) is 0 Å². The molecule has 0 aromatic carbocycles. The summed E-state index contributed by atoms with van der Waals surface area (Å²) in [6, 6.07) is 1.30. The van der Waals surface area contributed by atoms with E-state index in [0.717, 1.165) is 12.0 Å². The first-order valence-electron chi connectivity index (χ1n) is 5.71. The van der Waals surface area contributed by atoms with Crippen molar-refractivity contribution in [1.82, 2.24) is 4.90 Å². The van der Waals surface area contributed by atoms with Gasteiger partial charge in [0.1, 0.15) is 0 Å². The maximum Gasteiger partial charge on any atom is 0.0122 e. The molecule has 0 amide bonds. The molecule has 76 valence electrons. The number of rotatable bonds is 3. The fourth-order valence-electron chi connectivity index (χ4n) is 2.74. The van der Waals surface area contributed by atoms with Gasteiger partial charge in [-0.25, -0.2) is 0 Å². The SMILES string of the molecule is CN(CC1CCCC1)C1CC(N)C1. The molecule has 2 rings (SSSR count). The Morgan fingerprint density at radius 3 is 2.38 bits per heavy atom. The second-order valence-corrected chi connectivity index (χ2v) is 4.98. The van der Waals surface area contributed by atoms with Crippen LogP contribution in [0.1, 0.15) is 38.5 Å². The Bertz CT molecular complexity index is 157. The standard InChI is InChI=1S/C11H22N2/c1-13(11-6-10(12)7-11)8-9-4-2-3-5-9/h9-11H,2-8,12H2,1H3. The first-order chi connectivity index (χ1) is 6.25. The van der Waals surface area contributed by atoms with Gasteiger partial charge in [-0.05, 0) is 38.6 Å². The van der Waals surface area contributed by atoms with Gasteiger partial charge < -0.3 is 10.6 Å². The second-order valence-electron chi connectivity index (χ2n) is 4.98. The summed E-state index contributed by atoms with van der Waals surface area (Å²) in [7, 11) is 2.27. The van der Waals surface area contributed by atoms with Gasteiger partial charge in [-0.15, -0.1) is 0 Å². The van der Waals surface area contributed by atoms with E-state index in [0.29, 0.717) is 6.04 Å². The van der Waals surface area contributed by atoms with Gasteiger partial charge in [-0.1, -0.05) is 12.8 Å². The molecule has 0 atom stereocenters. The molecule has 13 heavy (non-hydrogen) atoms. The van der Waals surface area contributed by atoms with Crippen molar-refractivity contribution >= 4 is 0 Å². The van der Waals surface area contributed by atoms with Crippen LogP contribution in [-0.2, 0) is 0 Å². The number of nitrogens with zero attached hydrogens (tertiary/aromatic N) is 1. The lowest BCUT2D eigenvalue weighted by molar-refractivity contribution is 0.121. The lowest BCUT2D eigenvalue weighted by atomic mass is 9.86. The number of nitrogens with two attached hydrogens (primary N) is 1. The molecule has 2 aliphatic rings. The first-order valence-corrected chi connectivity index (χ1v) is 5.71. The maximum absolute atomic E-state index is 5.79. The van der Waals surface area contributed by atoms with E-state index in [9.17, 15) is 0 Å². The predicted molar refractivity (Wildman–Crippen MR) is 55.6 cm³/mol. The van der Waals surface area contributed by atoms with Crippen LogP contribution >= 0.6 is 0 Å². The monoisotopic (exact) mass is 182 g/mol. The lowest BCUT2D eigenvalue weighted by Crippen LogP contribution is -2.50. The molecule has 0 unspecified atom stereocenters. The van der Waals surface area contributed by atoms with Crippen molar-refractivity contribution in [3.8, 4) is 0 Å². The van der Waals surface area contributed by atoms with E-state index in [1.807, 2.05) is 0 Å². The van der Waals surface area contributed by atoms with Gasteiger partial charge in [-0.2, -0.15) is 0 Å². The third-order valence-electron chi connectivity index (χ3n) is 3.79. The van der Waals surface area contributed by atoms with Gasteiger partial charge >= 0.3 is 0 Å². The zero-order valence-corrected chi connectivity index (χ0v) is 8.71. The summed E-state index contributed by atoms with van der Waals surface area (Å²) in [5, 5.41) is 0. The Hall–Kier alpha value is -0.0800. The minimum absolute atomic E-state index is 0.496. The van der Waals surface area contributed by atoms with Crippen LogP contribution in [0.15, 0.2) is 0 Å². The molecule has 0 radical (unpaired) electrons. The fraction of sp³-hybridized carbons (Fsp3) is 1.00. The highest BCUT2D eigenvalue weighted by Gasteiger charge is 2.30. The van der Waals surface area contributed by atoms with Crippen LogP contribution < -0.4 is 5.73 Å². The fourth-order valence-corrected chi connectivity index (χ4v) is 2.74. The Kier molecular flexibility index (Phi) is 2.89. The van der Waals surface area contributed by atoms with Crippen LogP contribution in [0.4, 0.5) is 0 Å². The van der Waals surface area contributed by atoms with E-state index in [4.69, 9.17) is 5.73 Å². The number of hydrogen-bond donors (Lipinski definition) is 1. The summed E-state index contributed by atoms with van der Waals surface area (Å²) in [5.41, 5.74) is 5.79. The number of hydrogen-bond acceptors (Lipinski definition) is 2. The van der Waals surface area contributed by atoms with Crippen molar-refractivity contribution in [2.24, 2.45) is 11.7 Å². The summed E-state index contributed by atoms with van der Waals surface area (Å²) in [6.07, 6.45) is 8.30. The van der Waals surface area contributed by atoms with Crippen LogP contribution in [0, 0.1) is 5.92 Å². The van der Waals surface area contributed by atoms with Gasteiger partial charge in [0.15, 0.2) is 0 Å². The minimum Gasteiger partial charge on any atom is -0.328 e. The van der Waals surface area contributed by atoms with Crippen LogP contribution in [0.3, 0.4) is 0 Å². The molecule has 2 fully saturated rings. The van der Waals surface area contributed by atoms with Crippen LogP contribution in [0.25, 0.3) is 0 Å². The Balaban J connectivity index is 1.68. The molecule has 0 heterocycles. The van der Waals surface area contributed by atoms with Crippen LogP contribution in [-0.4, -0.2) is 30.6 Å². The summed E-state index contributed by atoms with van der Waals surface area (Å²) >= 11 is 0. The van der Waals surface area contributed by atoms with E-state index < -0.39 is 0 Å². The van der Waals surface area contributed by atoms with Crippen molar-refractivity contribution in [2.75, 3.05) is 13.6 Å². The molecule has 2 aliphatic carbocycles. The molecule has 0 aromatic heterocycles. The molecule has 0 aromatic rings. The zero-order valence-electron chi connectivity index (χ0n) is 8.71. The van der Waals surface area contributed by atoms with Crippen LogP contribution in [0.5, 0.6) is 0 Å². The van der Waals surface area contributed by atoms with E-state index in [-0.39, 0.29) is 0 Å². The summed E-state index contributed by atoms with van der Waals surface area (Å²) in [4.78, 5) is 2.54. The second kappa shape index (κ2) is 3.97. The van der Waals surface area contributed by atoms with Crippen molar-refractivity contribution in [2.45, 2.75) is 50.6 Å². The molecule has 2 saturated carbocycles. The van der Waals surface area contributed by atoms with Crippen LogP contribution in [0.2, 0.25) is 0 Å². The quantitative estimate of drug-likeness (QED) is 0.718. The molecule has 0 saturated heterocycles. The Labute approximate surface area is 81.5 Å². The predicted octanol–water partition coefficient (Wildman–Crippen LogP) is 1.60. The smallest absolute Gasteiger partial charge is 0.0122 e. The summed E-state index contributed by atoms with van der Waals surface area (Å²) < 4.78 is 0. The normalized spacial score (nSPS) is 35.3. The van der Waals surface area contributed by atoms with E-state index in [1.54, 1.807) is 0 Å². The Morgan fingerprint density at radius 1 is 1.23 bits per heavy atom. The summed E-state index contributed by atoms with van der Waals surface area (Å²) in [5.74, 6) is 0.988. The largest absolute Gasteiger partial charge is 0.328 e. The van der Waals surface area contributed by atoms with Gasteiger partial charge in [0, 0.05) is 18.6 Å². The van der Waals surface area contributed by atoms with Crippen molar-refractivity contribution < 1.29 is 0 Å². The molecule has 0 bridgehead atoms. The van der Waals surface area contributed by atoms with Gasteiger partial charge in [0.2, 0.25) is 0 Å². The Morgan fingerprint density at radius 2 is 1.85 bits per heavy atom. The van der Waals surface area contributed by atoms with E-state index in [1.165, 1.54) is 45.1 Å². The highest BCUT2D eigenvalue weighted by molar-refractivity contribution is 4.89. The average molecular weight is 182 g/mol. The van der Waals surface area contributed by atoms with Crippen molar-refractivity contribution in [1.29, 1.82) is 0 Å². The van der Waals surface area contributed by atoms with Gasteiger partial charge in [-0.3, -0.25) is 0 Å². The lowest BCUT2D eigenvalue weighted by Gasteiger charge is -2.40. The molecule has 2 heteroatoms. The highest BCUT2D eigenvalue weighted by Crippen LogP contribution is 2.29. The molecule has 2 nitrogen and oxygen atoms in total. The molecular weight excluding hydrogens is 160 g/mol. The molecule has 0 spiro atoms. The molecular formula is C11H22N2. The molecule has 2 N–H and O–H groups in total. The van der Waals surface area contributed by atoms with E-state index >= 15 is 0 Å². The highest BCUT2D eigenvalue weighted by atomic mass is 15.1. The summed E-state index contributed by atoms with van der Waals surface area (Å²) in [6.45, 7) is 1.32. The third kappa shape index (κ3) is 2.23. The zero-order chi connectivity index (χ0) is 9.26. The van der Waals surface area contributed by atoms with Gasteiger partial charge in [0.25, 0.3) is 0 Å². The van der Waals surface area contributed by atoms with Gasteiger partial charge in [0.05, 0.1) is 0 Å².